The van der Waals surface area contributed by atoms with Crippen LogP contribution in [-0.4, -0.2) is 46.0 Å². The number of likely N-dealkylation sites (tertiary alicyclic amines) is 1. The van der Waals surface area contributed by atoms with E-state index in [4.69, 9.17) is 4.65 Å². The van der Waals surface area contributed by atoms with E-state index in [2.05, 4.69) is 14.9 Å². The Bertz CT molecular complexity index is 922. The molecule has 2 N–H and O–H groups in total. The van der Waals surface area contributed by atoms with Crippen molar-refractivity contribution in [1.29, 1.82) is 0 Å². The topological polar surface area (TPSA) is 78.5 Å². The first kappa shape index (κ1) is 16.1. The van der Waals surface area contributed by atoms with Crippen LogP contribution < -0.4 is 5.46 Å². The summed E-state index contributed by atoms with van der Waals surface area (Å²) in [7, 11) is -0.899. The number of hydrogen-bond acceptors (Lipinski definition) is 4. The fourth-order valence-electron chi connectivity index (χ4n) is 6.23. The fraction of sp³-hybridized carbons (Fsp3) is 0.600. The van der Waals surface area contributed by atoms with Crippen LogP contribution in [0.3, 0.4) is 0 Å². The standard InChI is InChI=1S/C20H24BN3O3/c25-18(13-4-2-1-3-5-13)24-11-19(12-24)9-20(10-19)16-14-6-7-22-17(14)23-8-15(16)21(26)27-20/h6-8,13,26H,1-5,9-12H2,(H,22,23). The van der Waals surface area contributed by atoms with Crippen LogP contribution in [-0.2, 0) is 15.0 Å². The van der Waals surface area contributed by atoms with Gasteiger partial charge in [-0.1, -0.05) is 19.3 Å². The summed E-state index contributed by atoms with van der Waals surface area (Å²) >= 11 is 0. The monoisotopic (exact) mass is 365 g/mol. The Kier molecular flexibility index (Phi) is 3.20. The Morgan fingerprint density at radius 2 is 2.07 bits per heavy atom. The van der Waals surface area contributed by atoms with Crippen LogP contribution >= 0.6 is 0 Å². The highest BCUT2D eigenvalue weighted by molar-refractivity contribution is 6.62. The highest BCUT2D eigenvalue weighted by Gasteiger charge is 2.66. The van der Waals surface area contributed by atoms with Crippen LogP contribution in [0.1, 0.15) is 50.5 Å². The summed E-state index contributed by atoms with van der Waals surface area (Å²) in [6.07, 6.45) is 11.2. The van der Waals surface area contributed by atoms with Crippen LogP contribution in [0.5, 0.6) is 0 Å². The van der Waals surface area contributed by atoms with E-state index in [-0.39, 0.29) is 11.3 Å². The lowest BCUT2D eigenvalue weighted by Gasteiger charge is -2.63. The first-order valence-electron chi connectivity index (χ1n) is 10.2. The molecule has 0 atom stereocenters. The summed E-state index contributed by atoms with van der Waals surface area (Å²) in [6.45, 7) is 1.69. The maximum Gasteiger partial charge on any atom is 0.493 e. The van der Waals surface area contributed by atoms with Crippen molar-refractivity contribution in [3.8, 4) is 0 Å². The second kappa shape index (κ2) is 5.36. The van der Waals surface area contributed by atoms with Gasteiger partial charge in [-0.25, -0.2) is 4.98 Å². The van der Waals surface area contributed by atoms with E-state index in [1.807, 2.05) is 12.3 Å². The number of carbonyl (C=O) groups excluding carboxylic acids is 1. The van der Waals surface area contributed by atoms with Gasteiger partial charge < -0.3 is 19.6 Å². The number of aromatic amines is 1. The zero-order chi connectivity index (χ0) is 18.2. The SMILES string of the molecule is O=C(C1CCCCC1)N1CC2(C1)CC1(C2)OB(O)c2cnc3[nH]ccc3c21. The molecule has 4 heterocycles. The molecule has 2 aliphatic carbocycles. The molecule has 0 unspecified atom stereocenters. The average Bonchev–Trinajstić information content (AvgIpc) is 3.20. The number of H-pyrrole nitrogens is 1. The van der Waals surface area contributed by atoms with Gasteiger partial charge in [0.25, 0.3) is 0 Å². The van der Waals surface area contributed by atoms with E-state index in [1.165, 1.54) is 19.3 Å². The number of carbonyl (C=O) groups is 1. The molecule has 0 bridgehead atoms. The molecule has 3 fully saturated rings. The highest BCUT2D eigenvalue weighted by atomic mass is 16.5. The van der Waals surface area contributed by atoms with E-state index < -0.39 is 12.7 Å². The lowest BCUT2D eigenvalue weighted by atomic mass is 9.53. The largest absolute Gasteiger partial charge is 0.493 e. The second-order valence-electron chi connectivity index (χ2n) is 9.18. The number of fused-ring (bicyclic) bond motifs is 4. The van der Waals surface area contributed by atoms with Crippen molar-refractivity contribution in [3.63, 3.8) is 0 Å². The highest BCUT2D eigenvalue weighted by Crippen LogP contribution is 2.62. The first-order valence-corrected chi connectivity index (χ1v) is 10.2. The Morgan fingerprint density at radius 3 is 2.85 bits per heavy atom. The third kappa shape index (κ3) is 2.15. The van der Waals surface area contributed by atoms with Gasteiger partial charge in [0, 0.05) is 47.7 Å². The molecular formula is C20H24BN3O3. The first-order chi connectivity index (χ1) is 13.1. The molecule has 2 spiro atoms. The third-order valence-electron chi connectivity index (χ3n) is 7.31. The Morgan fingerprint density at radius 1 is 1.30 bits per heavy atom. The molecule has 2 saturated carbocycles. The second-order valence-corrected chi connectivity index (χ2v) is 9.18. The molecule has 27 heavy (non-hydrogen) atoms. The minimum absolute atomic E-state index is 0.164. The molecular weight excluding hydrogens is 341 g/mol. The van der Waals surface area contributed by atoms with E-state index in [0.717, 1.165) is 60.8 Å². The fourth-order valence-corrected chi connectivity index (χ4v) is 6.23. The predicted molar refractivity (Wildman–Crippen MR) is 101 cm³/mol. The van der Waals surface area contributed by atoms with Crippen molar-refractivity contribution < 1.29 is 14.5 Å². The van der Waals surface area contributed by atoms with Crippen LogP contribution in [0.15, 0.2) is 18.5 Å². The molecule has 1 amide bonds. The minimum atomic E-state index is -0.899. The van der Waals surface area contributed by atoms with Crippen molar-refractivity contribution in [2.75, 3.05) is 13.1 Å². The lowest BCUT2D eigenvalue weighted by molar-refractivity contribution is -0.193. The Hall–Kier alpha value is -1.86. The van der Waals surface area contributed by atoms with Crippen molar-refractivity contribution in [3.05, 3.63) is 24.0 Å². The van der Waals surface area contributed by atoms with Gasteiger partial charge in [-0.3, -0.25) is 4.79 Å². The maximum atomic E-state index is 12.8. The molecule has 2 aromatic heterocycles. The molecule has 4 aliphatic rings. The quantitative estimate of drug-likeness (QED) is 0.754. The lowest BCUT2D eigenvalue weighted by Crippen LogP contribution is -2.68. The van der Waals surface area contributed by atoms with Crippen LogP contribution in [0.4, 0.5) is 0 Å². The summed E-state index contributed by atoms with van der Waals surface area (Å²) in [5.74, 6) is 0.618. The van der Waals surface area contributed by atoms with Gasteiger partial charge in [-0.15, -0.1) is 0 Å². The molecule has 7 heteroatoms. The Labute approximate surface area is 158 Å². The van der Waals surface area contributed by atoms with Gasteiger partial charge in [-0.2, -0.15) is 0 Å². The molecule has 2 aliphatic heterocycles. The number of nitrogens with one attached hydrogen (secondary N) is 1. The number of amides is 1. The molecule has 6 nitrogen and oxygen atoms in total. The summed E-state index contributed by atoms with van der Waals surface area (Å²) in [5, 5.41) is 11.5. The van der Waals surface area contributed by atoms with Crippen molar-refractivity contribution in [2.45, 2.75) is 50.5 Å². The van der Waals surface area contributed by atoms with Crippen LogP contribution in [0.25, 0.3) is 11.0 Å². The van der Waals surface area contributed by atoms with Crippen molar-refractivity contribution in [1.82, 2.24) is 14.9 Å². The van der Waals surface area contributed by atoms with Gasteiger partial charge in [0.05, 0.1) is 5.60 Å². The summed E-state index contributed by atoms with van der Waals surface area (Å²) in [4.78, 5) is 22.4. The number of pyridine rings is 1. The van der Waals surface area contributed by atoms with Crippen LogP contribution in [0, 0.1) is 11.3 Å². The number of nitrogens with zero attached hydrogens (tertiary/aromatic N) is 2. The zero-order valence-electron chi connectivity index (χ0n) is 15.4. The molecule has 2 aromatic rings. The summed E-state index contributed by atoms with van der Waals surface area (Å²) < 4.78 is 6.07. The van der Waals surface area contributed by atoms with Gasteiger partial charge in [0.15, 0.2) is 0 Å². The zero-order valence-corrected chi connectivity index (χ0v) is 15.4. The summed E-state index contributed by atoms with van der Waals surface area (Å²) in [5.41, 5.74) is 2.49. The molecule has 0 radical (unpaired) electrons. The molecule has 1 saturated heterocycles. The van der Waals surface area contributed by atoms with Gasteiger partial charge in [0.1, 0.15) is 5.65 Å². The predicted octanol–water partition coefficient (Wildman–Crippen LogP) is 1.68. The number of aromatic nitrogens is 2. The Balaban J connectivity index is 1.21. The van der Waals surface area contributed by atoms with Gasteiger partial charge in [-0.05, 0) is 37.3 Å². The number of hydrogen-bond donors (Lipinski definition) is 2. The molecule has 6 rings (SSSR count). The summed E-state index contributed by atoms with van der Waals surface area (Å²) in [6, 6.07) is 2.02. The van der Waals surface area contributed by atoms with Crippen molar-refractivity contribution >= 4 is 29.5 Å². The van der Waals surface area contributed by atoms with E-state index in [0.29, 0.717) is 5.91 Å². The van der Waals surface area contributed by atoms with Gasteiger partial charge >= 0.3 is 7.12 Å². The molecule has 0 aromatic carbocycles. The maximum absolute atomic E-state index is 12.8. The van der Waals surface area contributed by atoms with Crippen LogP contribution in [0.2, 0.25) is 0 Å². The van der Waals surface area contributed by atoms with E-state index in [9.17, 15) is 9.82 Å². The minimum Gasteiger partial charge on any atom is -0.423 e. The average molecular weight is 365 g/mol. The smallest absolute Gasteiger partial charge is 0.423 e. The molecule has 140 valence electrons. The normalized spacial score (nSPS) is 25.7. The van der Waals surface area contributed by atoms with Crippen molar-refractivity contribution in [2.24, 2.45) is 11.3 Å². The van der Waals surface area contributed by atoms with Gasteiger partial charge in [0.2, 0.25) is 5.91 Å². The number of rotatable bonds is 1. The van der Waals surface area contributed by atoms with E-state index >= 15 is 0 Å². The van der Waals surface area contributed by atoms with E-state index in [1.54, 1.807) is 6.20 Å². The third-order valence-corrected chi connectivity index (χ3v) is 7.31.